The van der Waals surface area contributed by atoms with Crippen molar-refractivity contribution in [1.29, 1.82) is 0 Å². The van der Waals surface area contributed by atoms with Gasteiger partial charge >= 0.3 is 5.97 Å². The number of carbonyl (C=O) groups is 2. The van der Waals surface area contributed by atoms with Gasteiger partial charge in [-0.15, -0.1) is 0 Å². The maximum Gasteiger partial charge on any atom is 0.334 e. The number of amides is 1. The largest absolute Gasteiger partial charge is 0.479 e. The van der Waals surface area contributed by atoms with Crippen LogP contribution in [0.2, 0.25) is 0 Å². The fourth-order valence-corrected chi connectivity index (χ4v) is 2.89. The summed E-state index contributed by atoms with van der Waals surface area (Å²) in [6.07, 6.45) is -0.475. The number of carbonyl (C=O) groups excluding carboxylic acids is 1. The van der Waals surface area contributed by atoms with Gasteiger partial charge in [-0.25, -0.2) is 4.79 Å². The zero-order valence-electron chi connectivity index (χ0n) is 15.4. The molecular weight excluding hydrogens is 350 g/mol. The summed E-state index contributed by atoms with van der Waals surface area (Å²) in [5.74, 6) is 0.120. The molecule has 2 heterocycles. The van der Waals surface area contributed by atoms with Crippen LogP contribution in [0.3, 0.4) is 0 Å². The average Bonchev–Trinajstić information content (AvgIpc) is 3.15. The minimum Gasteiger partial charge on any atom is -0.479 e. The molecule has 1 atom stereocenters. The highest BCUT2D eigenvalue weighted by molar-refractivity contribution is 5.78. The van der Waals surface area contributed by atoms with E-state index in [0.717, 1.165) is 5.56 Å². The maximum absolute atomic E-state index is 12.3. The normalized spacial score (nSPS) is 17.3. The van der Waals surface area contributed by atoms with Gasteiger partial charge in [0.25, 0.3) is 0 Å². The summed E-state index contributed by atoms with van der Waals surface area (Å²) in [6, 6.07) is 7.98. The molecule has 0 spiro atoms. The van der Waals surface area contributed by atoms with Gasteiger partial charge in [-0.2, -0.15) is 4.98 Å². The standard InChI is InChI=1S/C19H23N3O5/c1-12(2)13-3-5-14(6-4-13)18-20-16(27-21-18)7-8-17(23)22-9-10-26-15(11-22)19(24)25/h3-6,12,15H,7-11H2,1-2H3,(H,24,25). The zero-order valence-corrected chi connectivity index (χ0v) is 15.4. The van der Waals surface area contributed by atoms with E-state index < -0.39 is 12.1 Å². The number of aliphatic carboxylic acids is 1. The lowest BCUT2D eigenvalue weighted by molar-refractivity contribution is -0.159. The Morgan fingerprint density at radius 2 is 2.04 bits per heavy atom. The lowest BCUT2D eigenvalue weighted by atomic mass is 10.0. The van der Waals surface area contributed by atoms with Gasteiger partial charge in [0, 0.05) is 24.9 Å². The molecule has 0 aliphatic carbocycles. The number of aryl methyl sites for hydroxylation is 1. The summed E-state index contributed by atoms with van der Waals surface area (Å²) in [7, 11) is 0. The van der Waals surface area contributed by atoms with Crippen molar-refractivity contribution in [3.8, 4) is 11.4 Å². The molecule has 0 saturated carbocycles. The van der Waals surface area contributed by atoms with Crippen LogP contribution in [-0.2, 0) is 20.7 Å². The lowest BCUT2D eigenvalue weighted by Crippen LogP contribution is -2.48. The number of rotatable bonds is 6. The van der Waals surface area contributed by atoms with Crippen molar-refractivity contribution in [2.45, 2.75) is 38.7 Å². The summed E-state index contributed by atoms with van der Waals surface area (Å²) >= 11 is 0. The molecule has 1 N–H and O–H groups in total. The molecule has 1 unspecified atom stereocenters. The Balaban J connectivity index is 1.56. The number of ether oxygens (including phenoxy) is 1. The second-order valence-electron chi connectivity index (χ2n) is 6.83. The van der Waals surface area contributed by atoms with Crippen molar-refractivity contribution < 1.29 is 24.0 Å². The summed E-state index contributed by atoms with van der Waals surface area (Å²) in [6.45, 7) is 4.93. The second kappa shape index (κ2) is 8.30. The van der Waals surface area contributed by atoms with E-state index in [1.165, 1.54) is 10.5 Å². The first-order valence-electron chi connectivity index (χ1n) is 8.99. The van der Waals surface area contributed by atoms with Crippen LogP contribution < -0.4 is 0 Å². The Kier molecular flexibility index (Phi) is 5.85. The molecule has 8 heteroatoms. The van der Waals surface area contributed by atoms with Crippen molar-refractivity contribution in [3.63, 3.8) is 0 Å². The third-order valence-corrected chi connectivity index (χ3v) is 4.55. The summed E-state index contributed by atoms with van der Waals surface area (Å²) < 4.78 is 10.4. The van der Waals surface area contributed by atoms with Gasteiger partial charge in [0.2, 0.25) is 17.6 Å². The first-order chi connectivity index (χ1) is 12.9. The monoisotopic (exact) mass is 373 g/mol. The summed E-state index contributed by atoms with van der Waals surface area (Å²) in [5, 5.41) is 13.0. The highest BCUT2D eigenvalue weighted by Crippen LogP contribution is 2.21. The van der Waals surface area contributed by atoms with E-state index in [2.05, 4.69) is 24.0 Å². The fraction of sp³-hybridized carbons (Fsp3) is 0.474. The molecule has 8 nitrogen and oxygen atoms in total. The number of benzene rings is 1. The summed E-state index contributed by atoms with van der Waals surface area (Å²) in [4.78, 5) is 29.2. The molecule has 1 fully saturated rings. The van der Waals surface area contributed by atoms with Crippen LogP contribution in [0, 0.1) is 0 Å². The maximum atomic E-state index is 12.3. The van der Waals surface area contributed by atoms with E-state index in [0.29, 0.717) is 30.6 Å². The van der Waals surface area contributed by atoms with Crippen molar-refractivity contribution in [2.75, 3.05) is 19.7 Å². The minimum absolute atomic E-state index is 0.0610. The minimum atomic E-state index is -1.06. The Bertz CT molecular complexity index is 800. The third-order valence-electron chi connectivity index (χ3n) is 4.55. The van der Waals surface area contributed by atoms with E-state index in [9.17, 15) is 9.59 Å². The van der Waals surface area contributed by atoms with Gasteiger partial charge in [-0.05, 0) is 11.5 Å². The zero-order chi connectivity index (χ0) is 19.4. The number of nitrogens with zero attached hydrogens (tertiary/aromatic N) is 3. The van der Waals surface area contributed by atoms with Gasteiger partial charge in [-0.3, -0.25) is 4.79 Å². The first-order valence-corrected chi connectivity index (χ1v) is 8.99. The molecule has 1 aromatic carbocycles. The van der Waals surface area contributed by atoms with Crippen molar-refractivity contribution in [3.05, 3.63) is 35.7 Å². The average molecular weight is 373 g/mol. The van der Waals surface area contributed by atoms with E-state index in [4.69, 9.17) is 14.4 Å². The first kappa shape index (κ1) is 19.0. The van der Waals surface area contributed by atoms with E-state index in [1.807, 2.05) is 24.3 Å². The number of carboxylic acid groups (broad SMARTS) is 1. The molecule has 0 bridgehead atoms. The van der Waals surface area contributed by atoms with Crippen LogP contribution in [0.5, 0.6) is 0 Å². The molecule has 1 aliphatic heterocycles. The molecule has 2 aromatic rings. The topological polar surface area (TPSA) is 106 Å². The number of hydrogen-bond donors (Lipinski definition) is 1. The van der Waals surface area contributed by atoms with Crippen molar-refractivity contribution in [1.82, 2.24) is 15.0 Å². The van der Waals surface area contributed by atoms with E-state index in [1.54, 1.807) is 0 Å². The Morgan fingerprint density at radius 3 is 2.70 bits per heavy atom. The number of aromatic nitrogens is 2. The van der Waals surface area contributed by atoms with Crippen LogP contribution in [0.25, 0.3) is 11.4 Å². The molecule has 3 rings (SSSR count). The quantitative estimate of drug-likeness (QED) is 0.826. The lowest BCUT2D eigenvalue weighted by Gasteiger charge is -2.30. The second-order valence-corrected chi connectivity index (χ2v) is 6.83. The number of hydrogen-bond acceptors (Lipinski definition) is 6. The van der Waals surface area contributed by atoms with Crippen molar-refractivity contribution >= 4 is 11.9 Å². The molecule has 1 amide bonds. The molecular formula is C19H23N3O5. The van der Waals surface area contributed by atoms with Crippen molar-refractivity contribution in [2.24, 2.45) is 0 Å². The van der Waals surface area contributed by atoms with Gasteiger partial charge < -0.3 is 19.3 Å². The summed E-state index contributed by atoms with van der Waals surface area (Å²) in [5.41, 5.74) is 2.09. The molecule has 1 aromatic heterocycles. The van der Waals surface area contributed by atoms with Crippen LogP contribution in [0.1, 0.15) is 37.6 Å². The smallest absolute Gasteiger partial charge is 0.334 e. The predicted molar refractivity (Wildman–Crippen MR) is 96.1 cm³/mol. The predicted octanol–water partition coefficient (Wildman–Crippen LogP) is 2.10. The van der Waals surface area contributed by atoms with Crippen LogP contribution in [-0.4, -0.2) is 57.8 Å². The van der Waals surface area contributed by atoms with E-state index >= 15 is 0 Å². The van der Waals surface area contributed by atoms with Crippen LogP contribution in [0.4, 0.5) is 0 Å². The highest BCUT2D eigenvalue weighted by Gasteiger charge is 2.28. The molecule has 1 saturated heterocycles. The molecule has 0 radical (unpaired) electrons. The van der Waals surface area contributed by atoms with E-state index in [-0.39, 0.29) is 25.5 Å². The third kappa shape index (κ3) is 4.71. The Labute approximate surface area is 157 Å². The van der Waals surface area contributed by atoms with Gasteiger partial charge in [0.15, 0.2) is 6.10 Å². The molecule has 144 valence electrons. The van der Waals surface area contributed by atoms with Gasteiger partial charge in [-0.1, -0.05) is 43.3 Å². The Morgan fingerprint density at radius 1 is 1.30 bits per heavy atom. The Hall–Kier alpha value is -2.74. The molecule has 27 heavy (non-hydrogen) atoms. The highest BCUT2D eigenvalue weighted by atomic mass is 16.5. The van der Waals surface area contributed by atoms with Crippen LogP contribution in [0.15, 0.2) is 28.8 Å². The van der Waals surface area contributed by atoms with Gasteiger partial charge in [0.05, 0.1) is 13.2 Å². The molecule has 1 aliphatic rings. The van der Waals surface area contributed by atoms with Gasteiger partial charge in [0.1, 0.15) is 0 Å². The fourth-order valence-electron chi connectivity index (χ4n) is 2.89. The van der Waals surface area contributed by atoms with Crippen LogP contribution >= 0.6 is 0 Å². The number of morpholine rings is 1. The SMILES string of the molecule is CC(C)c1ccc(-c2noc(CCC(=O)N3CCOC(C(=O)O)C3)n2)cc1. The number of carboxylic acids is 1.